The molecule has 1 aliphatic carbocycles. The summed E-state index contributed by atoms with van der Waals surface area (Å²) in [7, 11) is 0. The van der Waals surface area contributed by atoms with Gasteiger partial charge in [0.2, 0.25) is 0 Å². The highest BCUT2D eigenvalue weighted by Gasteiger charge is 2.42. The molecule has 3 atom stereocenters. The molecule has 0 radical (unpaired) electrons. The van der Waals surface area contributed by atoms with Crippen LogP contribution in [0.5, 0.6) is 0 Å². The molecule has 2 aliphatic heterocycles. The van der Waals surface area contributed by atoms with Crippen LogP contribution in [0.4, 0.5) is 0 Å². The summed E-state index contributed by atoms with van der Waals surface area (Å²) >= 11 is 2.12. The molecule has 3 aliphatic rings. The van der Waals surface area contributed by atoms with Crippen molar-refractivity contribution in [3.63, 3.8) is 0 Å². The Labute approximate surface area is 122 Å². The van der Waals surface area contributed by atoms with Crippen LogP contribution in [0.25, 0.3) is 0 Å². The van der Waals surface area contributed by atoms with E-state index in [9.17, 15) is 0 Å². The van der Waals surface area contributed by atoms with Gasteiger partial charge in [-0.05, 0) is 50.3 Å². The van der Waals surface area contributed by atoms with Gasteiger partial charge in [-0.25, -0.2) is 0 Å². The Kier molecular flexibility index (Phi) is 4.76. The SMILES string of the molecule is CCNC1CSCC1CC1CCC2(CCCCC2)O1. The summed E-state index contributed by atoms with van der Waals surface area (Å²) < 4.78 is 6.54. The van der Waals surface area contributed by atoms with Crippen molar-refractivity contribution in [3.05, 3.63) is 0 Å². The Morgan fingerprint density at radius 3 is 2.79 bits per heavy atom. The number of hydrogen-bond acceptors (Lipinski definition) is 3. The summed E-state index contributed by atoms with van der Waals surface area (Å²) in [5.74, 6) is 3.48. The zero-order valence-corrected chi connectivity index (χ0v) is 13.1. The molecular formula is C16H29NOS. The molecule has 2 saturated heterocycles. The predicted molar refractivity (Wildman–Crippen MR) is 82.8 cm³/mol. The Balaban J connectivity index is 1.51. The third-order valence-electron chi connectivity index (χ3n) is 5.33. The first-order chi connectivity index (χ1) is 9.31. The molecule has 0 aromatic heterocycles. The van der Waals surface area contributed by atoms with Gasteiger partial charge in [0.1, 0.15) is 0 Å². The first kappa shape index (κ1) is 14.2. The Hall–Kier alpha value is 0.270. The molecule has 0 bridgehead atoms. The van der Waals surface area contributed by atoms with E-state index in [4.69, 9.17) is 4.74 Å². The van der Waals surface area contributed by atoms with Gasteiger partial charge in [-0.2, -0.15) is 11.8 Å². The lowest BCUT2D eigenvalue weighted by molar-refractivity contribution is -0.0697. The van der Waals surface area contributed by atoms with Gasteiger partial charge < -0.3 is 10.1 Å². The molecule has 3 fully saturated rings. The Morgan fingerprint density at radius 1 is 1.16 bits per heavy atom. The molecule has 0 amide bonds. The normalized spacial score (nSPS) is 38.1. The van der Waals surface area contributed by atoms with E-state index >= 15 is 0 Å². The van der Waals surface area contributed by atoms with Crippen LogP contribution in [0.1, 0.15) is 58.3 Å². The first-order valence-electron chi connectivity index (χ1n) is 8.30. The highest BCUT2D eigenvalue weighted by atomic mass is 32.2. The molecule has 1 saturated carbocycles. The topological polar surface area (TPSA) is 21.3 Å². The summed E-state index contributed by atoms with van der Waals surface area (Å²) in [5, 5.41) is 3.66. The maximum Gasteiger partial charge on any atom is 0.0687 e. The van der Waals surface area contributed by atoms with Crippen LogP contribution >= 0.6 is 11.8 Å². The maximum absolute atomic E-state index is 6.54. The van der Waals surface area contributed by atoms with Crippen molar-refractivity contribution in [2.75, 3.05) is 18.1 Å². The second kappa shape index (κ2) is 6.36. The highest BCUT2D eigenvalue weighted by molar-refractivity contribution is 7.99. The van der Waals surface area contributed by atoms with E-state index in [0.29, 0.717) is 11.7 Å². The fourth-order valence-electron chi connectivity index (χ4n) is 4.28. The summed E-state index contributed by atoms with van der Waals surface area (Å²) in [5.41, 5.74) is 0.308. The molecule has 19 heavy (non-hydrogen) atoms. The second-order valence-corrected chi connectivity index (χ2v) is 7.79. The van der Waals surface area contributed by atoms with Crippen LogP contribution in [-0.4, -0.2) is 35.8 Å². The van der Waals surface area contributed by atoms with Crippen LogP contribution in [0.15, 0.2) is 0 Å². The molecule has 3 rings (SSSR count). The molecule has 1 spiro atoms. The van der Waals surface area contributed by atoms with Crippen molar-refractivity contribution in [1.82, 2.24) is 5.32 Å². The van der Waals surface area contributed by atoms with Gasteiger partial charge in [-0.15, -0.1) is 0 Å². The minimum absolute atomic E-state index is 0.308. The number of rotatable bonds is 4. The minimum Gasteiger partial charge on any atom is -0.372 e. The van der Waals surface area contributed by atoms with Crippen molar-refractivity contribution in [3.8, 4) is 0 Å². The van der Waals surface area contributed by atoms with Crippen molar-refractivity contribution < 1.29 is 4.74 Å². The highest BCUT2D eigenvalue weighted by Crippen LogP contribution is 2.44. The van der Waals surface area contributed by atoms with E-state index in [0.717, 1.165) is 18.5 Å². The van der Waals surface area contributed by atoms with E-state index in [1.165, 1.54) is 62.9 Å². The van der Waals surface area contributed by atoms with Crippen LogP contribution in [0.2, 0.25) is 0 Å². The number of ether oxygens (including phenoxy) is 1. The van der Waals surface area contributed by atoms with Crippen molar-refractivity contribution >= 4 is 11.8 Å². The predicted octanol–water partition coefficient (Wildman–Crippen LogP) is 3.60. The average Bonchev–Trinajstić information content (AvgIpc) is 3.00. The quantitative estimate of drug-likeness (QED) is 0.852. The van der Waals surface area contributed by atoms with Gasteiger partial charge in [0.25, 0.3) is 0 Å². The van der Waals surface area contributed by atoms with Crippen LogP contribution in [0, 0.1) is 5.92 Å². The van der Waals surface area contributed by atoms with Crippen molar-refractivity contribution in [1.29, 1.82) is 0 Å². The summed E-state index contributed by atoms with van der Waals surface area (Å²) in [6, 6.07) is 0.738. The zero-order chi connectivity index (χ0) is 13.1. The van der Waals surface area contributed by atoms with Crippen LogP contribution in [-0.2, 0) is 4.74 Å². The zero-order valence-electron chi connectivity index (χ0n) is 12.3. The Morgan fingerprint density at radius 2 is 2.00 bits per heavy atom. The van der Waals surface area contributed by atoms with Crippen LogP contribution in [0.3, 0.4) is 0 Å². The molecule has 1 N–H and O–H groups in total. The third-order valence-corrected chi connectivity index (χ3v) is 6.59. The van der Waals surface area contributed by atoms with Gasteiger partial charge in [0.15, 0.2) is 0 Å². The van der Waals surface area contributed by atoms with Crippen molar-refractivity contribution in [2.45, 2.75) is 76.0 Å². The summed E-state index contributed by atoms with van der Waals surface area (Å²) in [4.78, 5) is 0. The van der Waals surface area contributed by atoms with Crippen molar-refractivity contribution in [2.24, 2.45) is 5.92 Å². The first-order valence-corrected chi connectivity index (χ1v) is 9.46. The average molecular weight is 283 g/mol. The Bertz CT molecular complexity index is 290. The van der Waals surface area contributed by atoms with E-state index < -0.39 is 0 Å². The molecule has 3 heteroatoms. The molecule has 3 unspecified atom stereocenters. The monoisotopic (exact) mass is 283 g/mol. The molecule has 0 aromatic carbocycles. The third kappa shape index (κ3) is 3.30. The summed E-state index contributed by atoms with van der Waals surface area (Å²) in [6.45, 7) is 3.33. The van der Waals surface area contributed by atoms with E-state index in [1.54, 1.807) is 0 Å². The lowest BCUT2D eigenvalue weighted by Gasteiger charge is -2.34. The molecule has 0 aromatic rings. The van der Waals surface area contributed by atoms with Gasteiger partial charge >= 0.3 is 0 Å². The largest absolute Gasteiger partial charge is 0.372 e. The molecular weight excluding hydrogens is 254 g/mol. The lowest BCUT2D eigenvalue weighted by atomic mass is 9.83. The second-order valence-electron chi connectivity index (χ2n) is 6.72. The smallest absolute Gasteiger partial charge is 0.0687 e. The van der Waals surface area contributed by atoms with E-state index in [1.807, 2.05) is 0 Å². The number of thioether (sulfide) groups is 1. The van der Waals surface area contributed by atoms with Crippen LogP contribution < -0.4 is 5.32 Å². The molecule has 2 heterocycles. The standard InChI is InChI=1S/C16H29NOS/c1-2-17-15-12-19-11-13(15)10-14-6-9-16(18-14)7-4-3-5-8-16/h13-15,17H,2-12H2,1H3. The molecule has 2 nitrogen and oxygen atoms in total. The number of nitrogens with one attached hydrogen (secondary N) is 1. The summed E-state index contributed by atoms with van der Waals surface area (Å²) in [6.07, 6.45) is 11.4. The lowest BCUT2D eigenvalue weighted by Crippen LogP contribution is -2.37. The van der Waals surface area contributed by atoms with Gasteiger partial charge in [0.05, 0.1) is 11.7 Å². The van der Waals surface area contributed by atoms with E-state index in [2.05, 4.69) is 24.0 Å². The van der Waals surface area contributed by atoms with E-state index in [-0.39, 0.29) is 0 Å². The van der Waals surface area contributed by atoms with Gasteiger partial charge in [-0.3, -0.25) is 0 Å². The van der Waals surface area contributed by atoms with Gasteiger partial charge in [-0.1, -0.05) is 26.2 Å². The molecule has 110 valence electrons. The maximum atomic E-state index is 6.54. The number of hydrogen-bond donors (Lipinski definition) is 1. The fraction of sp³-hybridized carbons (Fsp3) is 1.00. The van der Waals surface area contributed by atoms with Gasteiger partial charge in [0, 0.05) is 11.8 Å². The fourth-order valence-corrected chi connectivity index (χ4v) is 5.73. The minimum atomic E-state index is 0.308.